The first-order valence-corrected chi connectivity index (χ1v) is 8.55. The highest BCUT2D eigenvalue weighted by molar-refractivity contribution is 7.10. The molecule has 0 radical (unpaired) electrons. The first kappa shape index (κ1) is 15.1. The van der Waals surface area contributed by atoms with E-state index in [1.165, 1.54) is 23.3 Å². The fraction of sp³-hybridized carbons (Fsp3) is 0.278. The second kappa shape index (κ2) is 5.27. The van der Waals surface area contributed by atoms with Crippen LogP contribution in [0.5, 0.6) is 0 Å². The van der Waals surface area contributed by atoms with Crippen molar-refractivity contribution in [2.24, 2.45) is 5.92 Å². The van der Waals surface area contributed by atoms with Crippen LogP contribution in [0.15, 0.2) is 41.8 Å². The second-order valence-electron chi connectivity index (χ2n) is 6.11. The zero-order chi connectivity index (χ0) is 16.9. The maximum absolute atomic E-state index is 12.5. The Morgan fingerprint density at radius 2 is 1.88 bits per heavy atom. The third-order valence-corrected chi connectivity index (χ3v) is 5.94. The molecule has 1 aromatic carbocycles. The van der Waals surface area contributed by atoms with Crippen molar-refractivity contribution in [1.29, 1.82) is 0 Å². The molecule has 5 nitrogen and oxygen atoms in total. The minimum absolute atomic E-state index is 0.106. The summed E-state index contributed by atoms with van der Waals surface area (Å²) in [4.78, 5) is 39.5. The fourth-order valence-corrected chi connectivity index (χ4v) is 4.55. The van der Waals surface area contributed by atoms with Gasteiger partial charge in [-0.3, -0.25) is 19.3 Å². The molecule has 0 bridgehead atoms. The largest absolute Gasteiger partial charge is 0.468 e. The van der Waals surface area contributed by atoms with E-state index >= 15 is 0 Å². The van der Waals surface area contributed by atoms with Gasteiger partial charge in [0, 0.05) is 11.4 Å². The molecule has 0 N–H and O–H groups in total. The van der Waals surface area contributed by atoms with Crippen molar-refractivity contribution < 1.29 is 19.1 Å². The average Bonchev–Trinajstić information content (AvgIpc) is 2.96. The summed E-state index contributed by atoms with van der Waals surface area (Å²) >= 11 is 1.50. The van der Waals surface area contributed by atoms with E-state index in [0.29, 0.717) is 17.5 Å². The summed E-state index contributed by atoms with van der Waals surface area (Å²) in [7, 11) is 1.37. The molecule has 1 saturated carbocycles. The molecule has 2 atom stereocenters. The Morgan fingerprint density at radius 3 is 2.42 bits per heavy atom. The predicted molar refractivity (Wildman–Crippen MR) is 87.9 cm³/mol. The Balaban J connectivity index is 1.61. The maximum Gasteiger partial charge on any atom is 0.317 e. The number of ether oxygens (including phenoxy) is 1. The summed E-state index contributed by atoms with van der Waals surface area (Å²) in [6.45, 7) is 0.235. The lowest BCUT2D eigenvalue weighted by Gasteiger charge is -2.17. The van der Waals surface area contributed by atoms with Crippen molar-refractivity contribution in [3.8, 4) is 0 Å². The Hall–Kier alpha value is -2.47. The first-order chi connectivity index (χ1) is 11.6. The molecule has 6 heteroatoms. The molecule has 2 aliphatic rings. The summed E-state index contributed by atoms with van der Waals surface area (Å²) < 4.78 is 4.99. The summed E-state index contributed by atoms with van der Waals surface area (Å²) in [5.41, 5.74) is 0.143. The number of thiophene rings is 1. The molecular weight excluding hydrogens is 326 g/mol. The summed E-state index contributed by atoms with van der Waals surface area (Å²) in [5.74, 6) is -0.975. The molecule has 4 rings (SSSR count). The Labute approximate surface area is 142 Å². The third-order valence-electron chi connectivity index (χ3n) is 4.90. The standard InChI is InChI=1S/C18H15NO4S/c1-23-17(22)18(14-7-4-8-24-14)9-11(18)10-19-15(20)12-5-2-3-6-13(12)16(19)21/h2-8,11H,9-10H2,1H3/t11-,18-/m0/s1. The molecule has 0 saturated heterocycles. The van der Waals surface area contributed by atoms with Crippen LogP contribution >= 0.6 is 11.3 Å². The smallest absolute Gasteiger partial charge is 0.317 e. The van der Waals surface area contributed by atoms with E-state index in [4.69, 9.17) is 4.74 Å². The van der Waals surface area contributed by atoms with Gasteiger partial charge in [0.25, 0.3) is 11.8 Å². The van der Waals surface area contributed by atoms with Crippen molar-refractivity contribution in [3.05, 3.63) is 57.8 Å². The van der Waals surface area contributed by atoms with E-state index in [1.54, 1.807) is 24.3 Å². The van der Waals surface area contributed by atoms with Gasteiger partial charge in [-0.2, -0.15) is 0 Å². The molecule has 1 aromatic heterocycles. The van der Waals surface area contributed by atoms with E-state index < -0.39 is 5.41 Å². The monoisotopic (exact) mass is 341 g/mol. The number of esters is 1. The number of fused-ring (bicyclic) bond motifs is 1. The average molecular weight is 341 g/mol. The molecule has 1 aliphatic carbocycles. The van der Waals surface area contributed by atoms with Gasteiger partial charge >= 0.3 is 5.97 Å². The number of carbonyl (C=O) groups excluding carboxylic acids is 3. The Kier molecular flexibility index (Phi) is 3.31. The number of rotatable bonds is 4. The van der Waals surface area contributed by atoms with Crippen LogP contribution < -0.4 is 0 Å². The molecule has 1 aliphatic heterocycles. The van der Waals surface area contributed by atoms with Crippen molar-refractivity contribution in [2.75, 3.05) is 13.7 Å². The maximum atomic E-state index is 12.5. The van der Waals surface area contributed by atoms with Gasteiger partial charge in [0.05, 0.1) is 18.2 Å². The molecule has 0 spiro atoms. The van der Waals surface area contributed by atoms with Crippen LogP contribution in [0.25, 0.3) is 0 Å². The highest BCUT2D eigenvalue weighted by atomic mass is 32.1. The van der Waals surface area contributed by atoms with Crippen molar-refractivity contribution in [1.82, 2.24) is 4.90 Å². The van der Waals surface area contributed by atoms with Gasteiger partial charge in [-0.05, 0) is 35.9 Å². The topological polar surface area (TPSA) is 63.7 Å². The number of nitrogens with zero attached hydrogens (tertiary/aromatic N) is 1. The van der Waals surface area contributed by atoms with Gasteiger partial charge in [-0.25, -0.2) is 0 Å². The molecule has 122 valence electrons. The van der Waals surface area contributed by atoms with Gasteiger partial charge in [-0.1, -0.05) is 18.2 Å². The van der Waals surface area contributed by atoms with Crippen LogP contribution in [0.4, 0.5) is 0 Å². The molecule has 2 aromatic rings. The van der Waals surface area contributed by atoms with Crippen LogP contribution in [0, 0.1) is 5.92 Å². The molecule has 1 fully saturated rings. The number of hydrogen-bond donors (Lipinski definition) is 0. The zero-order valence-corrected chi connectivity index (χ0v) is 13.8. The molecule has 2 amide bonds. The van der Waals surface area contributed by atoms with Crippen molar-refractivity contribution in [2.45, 2.75) is 11.8 Å². The van der Waals surface area contributed by atoms with Crippen LogP contribution in [0.3, 0.4) is 0 Å². The number of imide groups is 1. The molecular formula is C18H15NO4S. The lowest BCUT2D eigenvalue weighted by Crippen LogP contribution is -2.35. The van der Waals surface area contributed by atoms with E-state index in [-0.39, 0.29) is 30.2 Å². The SMILES string of the molecule is COC(=O)[C@@]1(c2cccs2)C[C@H]1CN1C(=O)c2ccccc2C1=O. The molecule has 2 heterocycles. The second-order valence-corrected chi connectivity index (χ2v) is 7.06. The van der Waals surface area contributed by atoms with Crippen LogP contribution in [-0.4, -0.2) is 36.3 Å². The quantitative estimate of drug-likeness (QED) is 0.633. The minimum atomic E-state index is -0.724. The minimum Gasteiger partial charge on any atom is -0.468 e. The number of methoxy groups -OCH3 is 1. The lowest BCUT2D eigenvalue weighted by molar-refractivity contribution is -0.144. The van der Waals surface area contributed by atoms with Crippen LogP contribution in [0.2, 0.25) is 0 Å². The number of amides is 2. The third kappa shape index (κ3) is 1.96. The van der Waals surface area contributed by atoms with Crippen molar-refractivity contribution in [3.63, 3.8) is 0 Å². The van der Waals surface area contributed by atoms with Gasteiger partial charge in [0.1, 0.15) is 5.41 Å². The first-order valence-electron chi connectivity index (χ1n) is 7.67. The summed E-state index contributed by atoms with van der Waals surface area (Å²) in [6, 6.07) is 10.6. The van der Waals surface area contributed by atoms with E-state index in [2.05, 4.69) is 0 Å². The number of benzene rings is 1. The Bertz CT molecular complexity index is 809. The molecule has 24 heavy (non-hydrogen) atoms. The highest BCUT2D eigenvalue weighted by Gasteiger charge is 2.64. The van der Waals surface area contributed by atoms with Gasteiger partial charge in [0.2, 0.25) is 0 Å². The van der Waals surface area contributed by atoms with Gasteiger partial charge in [0.15, 0.2) is 0 Å². The predicted octanol–water partition coefficient (Wildman–Crippen LogP) is 2.48. The normalized spacial score (nSPS) is 24.9. The van der Waals surface area contributed by atoms with Gasteiger partial charge < -0.3 is 4.74 Å². The fourth-order valence-electron chi connectivity index (χ4n) is 3.54. The Morgan fingerprint density at radius 1 is 1.21 bits per heavy atom. The van der Waals surface area contributed by atoms with Crippen LogP contribution in [-0.2, 0) is 14.9 Å². The van der Waals surface area contributed by atoms with E-state index in [9.17, 15) is 14.4 Å². The summed E-state index contributed by atoms with van der Waals surface area (Å²) in [5, 5.41) is 1.91. The zero-order valence-electron chi connectivity index (χ0n) is 13.0. The summed E-state index contributed by atoms with van der Waals surface area (Å²) in [6.07, 6.45) is 0.591. The number of carbonyl (C=O) groups is 3. The molecule has 0 unspecified atom stereocenters. The van der Waals surface area contributed by atoms with Crippen LogP contribution in [0.1, 0.15) is 32.0 Å². The highest BCUT2D eigenvalue weighted by Crippen LogP contribution is 2.57. The van der Waals surface area contributed by atoms with Crippen molar-refractivity contribution >= 4 is 29.1 Å². The number of hydrogen-bond acceptors (Lipinski definition) is 5. The van der Waals surface area contributed by atoms with E-state index in [1.807, 2.05) is 17.5 Å². The van der Waals surface area contributed by atoms with E-state index in [0.717, 1.165) is 4.88 Å². The van der Waals surface area contributed by atoms with Gasteiger partial charge in [-0.15, -0.1) is 11.3 Å². The lowest BCUT2D eigenvalue weighted by atomic mass is 10.0.